The Morgan fingerprint density at radius 2 is 2.09 bits per heavy atom. The van der Waals surface area contributed by atoms with Gasteiger partial charge in [-0.25, -0.2) is 4.98 Å². The Hall–Kier alpha value is -2.09. The zero-order valence-electron chi connectivity index (χ0n) is 13.2. The van der Waals surface area contributed by atoms with Crippen LogP contribution >= 0.6 is 11.6 Å². The lowest BCUT2D eigenvalue weighted by Gasteiger charge is -2.25. The summed E-state index contributed by atoms with van der Waals surface area (Å²) in [7, 11) is 0. The van der Waals surface area contributed by atoms with Gasteiger partial charge in [0.1, 0.15) is 24.7 Å². The van der Waals surface area contributed by atoms with Gasteiger partial charge in [0.2, 0.25) is 5.15 Å². The van der Waals surface area contributed by atoms with Gasteiger partial charge in [-0.2, -0.15) is 5.26 Å². The lowest BCUT2D eigenvalue weighted by molar-refractivity contribution is -0.914. The highest BCUT2D eigenvalue weighted by atomic mass is 35.5. The molecular weight excluding hydrogens is 308 g/mol. The van der Waals surface area contributed by atoms with Crippen LogP contribution in [0.25, 0.3) is 0 Å². The van der Waals surface area contributed by atoms with Crippen LogP contribution in [0.4, 0.5) is 5.82 Å². The Bertz CT molecular complexity index is 737. The molecule has 1 aliphatic rings. The number of fused-ring (bicyclic) bond motifs is 1. The predicted octanol–water partition coefficient (Wildman–Crippen LogP) is 1.60. The third kappa shape index (κ3) is 3.31. The van der Waals surface area contributed by atoms with E-state index >= 15 is 0 Å². The molecule has 0 amide bonds. The molecule has 0 bridgehead atoms. The molecule has 23 heavy (non-hydrogen) atoms. The highest BCUT2D eigenvalue weighted by Gasteiger charge is 2.29. The first kappa shape index (κ1) is 15.8. The van der Waals surface area contributed by atoms with Gasteiger partial charge in [0, 0.05) is 6.42 Å². The van der Waals surface area contributed by atoms with E-state index in [1.807, 2.05) is 18.2 Å². The fourth-order valence-electron chi connectivity index (χ4n) is 3.15. The largest absolute Gasteiger partial charge is 0.331 e. The van der Waals surface area contributed by atoms with Gasteiger partial charge < -0.3 is 4.90 Å². The molecule has 1 atom stereocenters. The van der Waals surface area contributed by atoms with E-state index in [0.29, 0.717) is 10.7 Å². The van der Waals surface area contributed by atoms with Crippen LogP contribution in [-0.4, -0.2) is 13.1 Å². The van der Waals surface area contributed by atoms with Gasteiger partial charge >= 0.3 is 0 Å². The van der Waals surface area contributed by atoms with Crippen molar-refractivity contribution in [3.8, 4) is 6.07 Å². The number of likely N-dealkylation sites (N-methyl/N-ethyl adjacent to an activating group) is 1. The Morgan fingerprint density at radius 3 is 2.78 bits per heavy atom. The molecule has 0 saturated carbocycles. The lowest BCUT2D eigenvalue weighted by Crippen LogP contribution is -3.11. The molecule has 3 N–H and O–H groups in total. The first-order valence-corrected chi connectivity index (χ1v) is 8.38. The van der Waals surface area contributed by atoms with Crippen molar-refractivity contribution < 1.29 is 9.88 Å². The van der Waals surface area contributed by atoms with Crippen LogP contribution in [0.15, 0.2) is 30.3 Å². The number of nitriles is 1. The molecule has 5 heteroatoms. The number of aromatic amines is 1. The molecule has 1 aliphatic heterocycles. The fraction of sp³-hybridized carbons (Fsp3) is 0.333. The van der Waals surface area contributed by atoms with Crippen LogP contribution in [0.2, 0.25) is 5.15 Å². The van der Waals surface area contributed by atoms with Crippen molar-refractivity contribution in [3.63, 3.8) is 0 Å². The number of nitrogens with one attached hydrogen (secondary N) is 3. The molecule has 2 heterocycles. The van der Waals surface area contributed by atoms with Crippen LogP contribution < -0.4 is 15.2 Å². The summed E-state index contributed by atoms with van der Waals surface area (Å²) >= 11 is 6.29. The summed E-state index contributed by atoms with van der Waals surface area (Å²) in [5.41, 5.74) is 4.11. The standard InChI is InChI=1S/C18H19ClN4/c1-2-23-9-8-14-15(10-20)17(19)22-18(16(14)12-23)21-11-13-6-4-3-5-7-13/h3-7H,2,8-9,11-12H2,1H3,(H,21,22)/p+2. The van der Waals surface area contributed by atoms with Gasteiger partial charge in [0.05, 0.1) is 18.7 Å². The van der Waals surface area contributed by atoms with Crippen molar-refractivity contribution >= 4 is 17.4 Å². The van der Waals surface area contributed by atoms with Crippen LogP contribution in [0, 0.1) is 11.3 Å². The summed E-state index contributed by atoms with van der Waals surface area (Å²) in [5.74, 6) is 0.943. The maximum atomic E-state index is 9.41. The van der Waals surface area contributed by atoms with E-state index in [2.05, 4.69) is 35.4 Å². The highest BCUT2D eigenvalue weighted by molar-refractivity contribution is 6.29. The van der Waals surface area contributed by atoms with Crippen molar-refractivity contribution in [2.75, 3.05) is 18.4 Å². The number of hydrogen-bond acceptors (Lipinski definition) is 2. The zero-order valence-corrected chi connectivity index (χ0v) is 14.0. The third-order valence-electron chi connectivity index (χ3n) is 4.50. The Balaban J connectivity index is 1.93. The number of halogens is 1. The number of hydrogen-bond donors (Lipinski definition) is 2. The monoisotopic (exact) mass is 328 g/mol. The molecule has 1 aromatic heterocycles. The molecule has 0 aliphatic carbocycles. The predicted molar refractivity (Wildman–Crippen MR) is 90.3 cm³/mol. The Kier molecular flexibility index (Phi) is 4.80. The van der Waals surface area contributed by atoms with Crippen molar-refractivity contribution in [2.24, 2.45) is 0 Å². The third-order valence-corrected chi connectivity index (χ3v) is 4.78. The second kappa shape index (κ2) is 6.99. The number of aromatic nitrogens is 1. The minimum Gasteiger partial charge on any atom is -0.331 e. The van der Waals surface area contributed by atoms with E-state index < -0.39 is 0 Å². The Morgan fingerprint density at radius 1 is 1.30 bits per heavy atom. The summed E-state index contributed by atoms with van der Waals surface area (Å²) in [6.45, 7) is 5.99. The summed E-state index contributed by atoms with van der Waals surface area (Å²) in [4.78, 5) is 4.72. The van der Waals surface area contributed by atoms with E-state index in [0.717, 1.165) is 44.0 Å². The van der Waals surface area contributed by atoms with E-state index in [1.165, 1.54) is 16.0 Å². The molecule has 1 aromatic carbocycles. The molecular formula is C18H21ClN4+2. The molecule has 3 rings (SSSR count). The van der Waals surface area contributed by atoms with E-state index in [4.69, 9.17) is 11.6 Å². The minimum absolute atomic E-state index is 0.432. The molecule has 0 spiro atoms. The van der Waals surface area contributed by atoms with Crippen molar-refractivity contribution in [2.45, 2.75) is 26.4 Å². The average Bonchev–Trinajstić information content (AvgIpc) is 2.60. The number of benzene rings is 1. The normalized spacial score (nSPS) is 16.5. The molecule has 2 aromatic rings. The van der Waals surface area contributed by atoms with E-state index in [9.17, 15) is 5.26 Å². The fourth-order valence-corrected chi connectivity index (χ4v) is 3.40. The number of rotatable bonds is 4. The van der Waals surface area contributed by atoms with E-state index in [1.54, 1.807) is 0 Å². The minimum atomic E-state index is 0.432. The SMILES string of the molecule is CC[NH+]1CCc2c(C#N)c(Cl)[nH+]c(NCc3ccccc3)c2C1. The van der Waals surface area contributed by atoms with E-state index in [-0.39, 0.29) is 0 Å². The van der Waals surface area contributed by atoms with Gasteiger partial charge in [-0.1, -0.05) is 30.3 Å². The smallest absolute Gasteiger partial charge is 0.283 e. The number of nitrogens with zero attached hydrogens (tertiary/aromatic N) is 1. The van der Waals surface area contributed by atoms with Crippen LogP contribution in [0.3, 0.4) is 0 Å². The summed E-state index contributed by atoms with van der Waals surface area (Å²) < 4.78 is 0. The van der Waals surface area contributed by atoms with Gasteiger partial charge in [-0.15, -0.1) is 0 Å². The van der Waals surface area contributed by atoms with Gasteiger partial charge in [-0.05, 0) is 29.7 Å². The second-order valence-electron chi connectivity index (χ2n) is 5.88. The number of H-pyrrole nitrogens is 1. The van der Waals surface area contributed by atoms with Crippen molar-refractivity contribution in [1.29, 1.82) is 5.26 Å². The first-order chi connectivity index (χ1) is 11.2. The molecule has 0 saturated heterocycles. The van der Waals surface area contributed by atoms with Crippen molar-refractivity contribution in [1.82, 2.24) is 0 Å². The van der Waals surface area contributed by atoms with Crippen LogP contribution in [0.1, 0.15) is 29.2 Å². The van der Waals surface area contributed by atoms with Gasteiger partial charge in [-0.3, -0.25) is 5.32 Å². The zero-order chi connectivity index (χ0) is 16.2. The van der Waals surface area contributed by atoms with Gasteiger partial charge in [0.25, 0.3) is 5.82 Å². The number of quaternary nitrogens is 1. The highest BCUT2D eigenvalue weighted by Crippen LogP contribution is 2.25. The lowest BCUT2D eigenvalue weighted by atomic mass is 9.96. The average molecular weight is 329 g/mol. The molecule has 1 unspecified atom stereocenters. The van der Waals surface area contributed by atoms with Crippen molar-refractivity contribution in [3.05, 3.63) is 57.7 Å². The quantitative estimate of drug-likeness (QED) is 0.838. The molecule has 118 valence electrons. The van der Waals surface area contributed by atoms with Gasteiger partial charge in [0.15, 0.2) is 0 Å². The van der Waals surface area contributed by atoms with Crippen LogP contribution in [0.5, 0.6) is 0 Å². The summed E-state index contributed by atoms with van der Waals surface area (Å²) in [6.07, 6.45) is 0.899. The number of pyridine rings is 1. The number of anilines is 1. The topological polar surface area (TPSA) is 54.4 Å². The summed E-state index contributed by atoms with van der Waals surface area (Å²) in [6, 6.07) is 12.5. The molecule has 0 radical (unpaired) electrons. The summed E-state index contributed by atoms with van der Waals surface area (Å²) in [5, 5.41) is 13.3. The maximum Gasteiger partial charge on any atom is 0.283 e. The maximum absolute atomic E-state index is 9.41. The Labute approximate surface area is 141 Å². The van der Waals surface area contributed by atoms with Crippen LogP contribution in [-0.2, 0) is 19.5 Å². The molecule has 0 fully saturated rings. The first-order valence-electron chi connectivity index (χ1n) is 8.01. The second-order valence-corrected chi connectivity index (χ2v) is 6.26. The molecule has 4 nitrogen and oxygen atoms in total.